The number of aliphatic hydroxyl groups excluding tert-OH is 1. The summed E-state index contributed by atoms with van der Waals surface area (Å²) in [6.07, 6.45) is 0.632. The van der Waals surface area contributed by atoms with E-state index in [4.69, 9.17) is 9.47 Å². The molecular formula is C15H20O4. The third-order valence-electron chi connectivity index (χ3n) is 3.59. The van der Waals surface area contributed by atoms with Crippen LogP contribution in [0.2, 0.25) is 0 Å². The highest BCUT2D eigenvalue weighted by Crippen LogP contribution is 2.37. The molecule has 0 bridgehead atoms. The highest BCUT2D eigenvalue weighted by atomic mass is 16.5. The molecule has 1 aliphatic carbocycles. The highest BCUT2D eigenvalue weighted by molar-refractivity contribution is 5.66. The summed E-state index contributed by atoms with van der Waals surface area (Å²) >= 11 is 0. The molecule has 1 saturated carbocycles. The molecule has 4 nitrogen and oxygen atoms in total. The minimum Gasteiger partial charge on any atom is -0.462 e. The van der Waals surface area contributed by atoms with Crippen LogP contribution in [0.3, 0.4) is 0 Å². The van der Waals surface area contributed by atoms with Gasteiger partial charge in [-0.05, 0) is 17.9 Å². The van der Waals surface area contributed by atoms with Gasteiger partial charge in [0, 0.05) is 19.4 Å². The van der Waals surface area contributed by atoms with Gasteiger partial charge in [0.05, 0.1) is 13.2 Å². The fourth-order valence-corrected chi connectivity index (χ4v) is 2.47. The molecule has 0 amide bonds. The predicted molar refractivity (Wildman–Crippen MR) is 70.3 cm³/mol. The lowest BCUT2D eigenvalue weighted by atomic mass is 9.71. The summed E-state index contributed by atoms with van der Waals surface area (Å²) in [5, 5.41) is 9.31. The average molecular weight is 264 g/mol. The van der Waals surface area contributed by atoms with Crippen LogP contribution >= 0.6 is 0 Å². The first-order valence-electron chi connectivity index (χ1n) is 6.60. The Labute approximate surface area is 113 Å². The first-order valence-corrected chi connectivity index (χ1v) is 6.60. The van der Waals surface area contributed by atoms with Gasteiger partial charge in [-0.2, -0.15) is 0 Å². The second kappa shape index (κ2) is 6.68. The van der Waals surface area contributed by atoms with Crippen molar-refractivity contribution in [2.24, 2.45) is 11.8 Å². The van der Waals surface area contributed by atoms with Gasteiger partial charge in [0.1, 0.15) is 6.10 Å². The zero-order valence-electron chi connectivity index (χ0n) is 11.1. The molecule has 4 heteroatoms. The Balaban J connectivity index is 1.71. The maximum atomic E-state index is 10.9. The molecule has 0 unspecified atom stereocenters. The van der Waals surface area contributed by atoms with E-state index < -0.39 is 0 Å². The highest BCUT2D eigenvalue weighted by Gasteiger charge is 2.42. The first-order chi connectivity index (χ1) is 9.20. The molecule has 1 fully saturated rings. The van der Waals surface area contributed by atoms with E-state index in [0.29, 0.717) is 13.2 Å². The van der Waals surface area contributed by atoms with Crippen LogP contribution in [0.5, 0.6) is 0 Å². The number of hydrogen-bond acceptors (Lipinski definition) is 4. The summed E-state index contributed by atoms with van der Waals surface area (Å²) in [7, 11) is 0. The Morgan fingerprint density at radius 3 is 2.74 bits per heavy atom. The summed E-state index contributed by atoms with van der Waals surface area (Å²) in [5.41, 5.74) is 1.14. The smallest absolute Gasteiger partial charge is 0.302 e. The molecule has 2 rings (SSSR count). The summed E-state index contributed by atoms with van der Waals surface area (Å²) in [6.45, 7) is 2.61. The summed E-state index contributed by atoms with van der Waals surface area (Å²) in [4.78, 5) is 10.9. The Hall–Kier alpha value is -1.39. The van der Waals surface area contributed by atoms with E-state index >= 15 is 0 Å². The number of esters is 1. The van der Waals surface area contributed by atoms with Crippen LogP contribution in [0, 0.1) is 11.8 Å². The quantitative estimate of drug-likeness (QED) is 0.795. The molecule has 0 heterocycles. The van der Waals surface area contributed by atoms with Crippen molar-refractivity contribution in [3.8, 4) is 0 Å². The first kappa shape index (κ1) is 14.0. The molecule has 0 radical (unpaired) electrons. The van der Waals surface area contributed by atoms with Crippen LogP contribution in [0.25, 0.3) is 0 Å². The van der Waals surface area contributed by atoms with Gasteiger partial charge in [-0.25, -0.2) is 0 Å². The number of carbonyl (C=O) groups excluding carboxylic acids is 1. The van der Waals surface area contributed by atoms with Gasteiger partial charge in [-0.15, -0.1) is 0 Å². The van der Waals surface area contributed by atoms with Gasteiger partial charge in [0.25, 0.3) is 0 Å². The van der Waals surface area contributed by atoms with E-state index in [1.165, 1.54) is 6.92 Å². The number of carbonyl (C=O) groups is 1. The lowest BCUT2D eigenvalue weighted by Gasteiger charge is -2.42. The molecule has 1 aliphatic rings. The molecule has 0 aliphatic heterocycles. The zero-order chi connectivity index (χ0) is 13.7. The average Bonchev–Trinajstić information content (AvgIpc) is 2.38. The van der Waals surface area contributed by atoms with Crippen LogP contribution in [0.1, 0.15) is 18.9 Å². The predicted octanol–water partition coefficient (Wildman–Crippen LogP) is 1.76. The van der Waals surface area contributed by atoms with Crippen molar-refractivity contribution < 1.29 is 19.4 Å². The molecule has 104 valence electrons. The van der Waals surface area contributed by atoms with Crippen molar-refractivity contribution in [2.75, 3.05) is 13.2 Å². The minimum absolute atomic E-state index is 0.0136. The van der Waals surface area contributed by atoms with Crippen molar-refractivity contribution in [1.29, 1.82) is 0 Å². The van der Waals surface area contributed by atoms with Gasteiger partial charge in [-0.1, -0.05) is 30.3 Å². The fourth-order valence-electron chi connectivity index (χ4n) is 2.47. The van der Waals surface area contributed by atoms with Crippen LogP contribution in [-0.4, -0.2) is 30.4 Å². The molecule has 1 N–H and O–H groups in total. The van der Waals surface area contributed by atoms with Gasteiger partial charge in [0.15, 0.2) is 0 Å². The van der Waals surface area contributed by atoms with Crippen LogP contribution in [0.4, 0.5) is 0 Å². The van der Waals surface area contributed by atoms with Crippen molar-refractivity contribution in [2.45, 2.75) is 26.1 Å². The van der Waals surface area contributed by atoms with E-state index in [-0.39, 0.29) is 30.5 Å². The van der Waals surface area contributed by atoms with E-state index in [2.05, 4.69) is 0 Å². The van der Waals surface area contributed by atoms with E-state index in [1.54, 1.807) is 0 Å². The Morgan fingerprint density at radius 2 is 2.11 bits per heavy atom. The molecular weight excluding hydrogens is 244 g/mol. The SMILES string of the molecule is CC(=O)O[C@@H]1C[C@@H](COCc2ccccc2)[C@H]1CO. The van der Waals surface area contributed by atoms with Gasteiger partial charge < -0.3 is 14.6 Å². The molecule has 1 aromatic carbocycles. The van der Waals surface area contributed by atoms with Gasteiger partial charge in [0.2, 0.25) is 0 Å². The minimum atomic E-state index is -0.285. The Morgan fingerprint density at radius 1 is 1.37 bits per heavy atom. The number of aliphatic hydroxyl groups is 1. The summed E-state index contributed by atoms with van der Waals surface area (Å²) in [6, 6.07) is 9.98. The van der Waals surface area contributed by atoms with Crippen molar-refractivity contribution in [1.82, 2.24) is 0 Å². The lowest BCUT2D eigenvalue weighted by molar-refractivity contribution is -0.167. The normalized spacial score (nSPS) is 25.7. The topological polar surface area (TPSA) is 55.8 Å². The third kappa shape index (κ3) is 3.78. The molecule has 0 aromatic heterocycles. The van der Waals surface area contributed by atoms with E-state index in [1.807, 2.05) is 30.3 Å². The summed E-state index contributed by atoms with van der Waals surface area (Å²) < 4.78 is 10.8. The van der Waals surface area contributed by atoms with Crippen LogP contribution in [-0.2, 0) is 20.9 Å². The lowest BCUT2D eigenvalue weighted by Crippen LogP contribution is -2.48. The maximum Gasteiger partial charge on any atom is 0.302 e. The van der Waals surface area contributed by atoms with Gasteiger partial charge >= 0.3 is 5.97 Å². The third-order valence-corrected chi connectivity index (χ3v) is 3.59. The Bertz CT molecular complexity index is 404. The second-order valence-electron chi connectivity index (χ2n) is 4.99. The number of hydrogen-bond donors (Lipinski definition) is 1. The van der Waals surface area contributed by atoms with E-state index in [9.17, 15) is 9.90 Å². The molecule has 19 heavy (non-hydrogen) atoms. The van der Waals surface area contributed by atoms with Crippen molar-refractivity contribution >= 4 is 5.97 Å². The number of ether oxygens (including phenoxy) is 2. The van der Waals surface area contributed by atoms with E-state index in [0.717, 1.165) is 12.0 Å². The van der Waals surface area contributed by atoms with Crippen LogP contribution < -0.4 is 0 Å². The number of benzene rings is 1. The zero-order valence-corrected chi connectivity index (χ0v) is 11.1. The van der Waals surface area contributed by atoms with Crippen molar-refractivity contribution in [3.05, 3.63) is 35.9 Å². The standard InChI is InChI=1S/C15H20O4/c1-11(17)19-15-7-13(14(15)8-16)10-18-9-12-5-3-2-4-6-12/h2-6,13-16H,7-10H2,1H3/t13-,14+,15+/m0/s1. The number of rotatable bonds is 6. The molecule has 0 spiro atoms. The summed E-state index contributed by atoms with van der Waals surface area (Å²) in [5.74, 6) is 0.00448. The largest absolute Gasteiger partial charge is 0.462 e. The second-order valence-corrected chi connectivity index (χ2v) is 4.99. The molecule has 3 atom stereocenters. The molecule has 1 aromatic rings. The Kier molecular flexibility index (Phi) is 4.93. The fraction of sp³-hybridized carbons (Fsp3) is 0.533. The molecule has 0 saturated heterocycles. The monoisotopic (exact) mass is 264 g/mol. The van der Waals surface area contributed by atoms with Crippen molar-refractivity contribution in [3.63, 3.8) is 0 Å². The van der Waals surface area contributed by atoms with Crippen LogP contribution in [0.15, 0.2) is 30.3 Å². The maximum absolute atomic E-state index is 10.9. The van der Waals surface area contributed by atoms with Gasteiger partial charge in [-0.3, -0.25) is 4.79 Å².